The molecule has 2 saturated heterocycles. The van der Waals surface area contributed by atoms with E-state index >= 15 is 0 Å². The Morgan fingerprint density at radius 2 is 1.90 bits per heavy atom. The average Bonchev–Trinajstić information content (AvgIpc) is 3.36. The molecule has 6 heteroatoms. The Labute approximate surface area is 169 Å². The topological polar surface area (TPSA) is 79.7 Å². The summed E-state index contributed by atoms with van der Waals surface area (Å²) in [6.45, 7) is 3.04. The molecule has 0 aliphatic carbocycles. The number of hydrogen-bond donors (Lipinski definition) is 1. The quantitative estimate of drug-likeness (QED) is 0.480. The van der Waals surface area contributed by atoms with Crippen molar-refractivity contribution >= 4 is 17.4 Å². The second-order valence-electron chi connectivity index (χ2n) is 7.42. The number of Topliss-reactive ketones (excluding diaryl/α,β-unsaturated/α-hetero) is 1. The van der Waals surface area contributed by atoms with Crippen molar-refractivity contribution in [3.63, 3.8) is 0 Å². The van der Waals surface area contributed by atoms with Gasteiger partial charge in [0.05, 0.1) is 17.7 Å². The second kappa shape index (κ2) is 8.17. The van der Waals surface area contributed by atoms with E-state index in [4.69, 9.17) is 4.74 Å². The number of aliphatic hydroxyl groups is 1. The SMILES string of the molecule is CCc1ccc(/C(O)=C2/C(=O)C(=O)N(CC3CCCO3)C2c2ccncc2)cc1. The largest absolute Gasteiger partial charge is 0.507 e. The number of aryl methyl sites for hydroxylation is 1. The molecule has 2 atom stereocenters. The van der Waals surface area contributed by atoms with Gasteiger partial charge in [-0.3, -0.25) is 14.6 Å². The summed E-state index contributed by atoms with van der Waals surface area (Å²) in [5, 5.41) is 11.0. The second-order valence-corrected chi connectivity index (χ2v) is 7.42. The maximum atomic E-state index is 12.9. The van der Waals surface area contributed by atoms with Crippen molar-refractivity contribution in [1.29, 1.82) is 0 Å². The van der Waals surface area contributed by atoms with Crippen LogP contribution in [0.5, 0.6) is 0 Å². The van der Waals surface area contributed by atoms with Crippen LogP contribution in [0.15, 0.2) is 54.4 Å². The molecular weight excluding hydrogens is 368 g/mol. The van der Waals surface area contributed by atoms with Crippen molar-refractivity contribution in [1.82, 2.24) is 9.88 Å². The van der Waals surface area contributed by atoms with E-state index in [0.29, 0.717) is 18.7 Å². The van der Waals surface area contributed by atoms with E-state index in [1.807, 2.05) is 12.1 Å². The fourth-order valence-electron chi connectivity index (χ4n) is 4.02. The Balaban J connectivity index is 1.79. The first-order valence-corrected chi connectivity index (χ1v) is 9.99. The molecule has 2 aliphatic rings. The van der Waals surface area contributed by atoms with Crippen LogP contribution in [0, 0.1) is 0 Å². The van der Waals surface area contributed by atoms with Crippen molar-refractivity contribution in [2.75, 3.05) is 13.2 Å². The summed E-state index contributed by atoms with van der Waals surface area (Å²) in [5.74, 6) is -1.42. The first-order valence-electron chi connectivity index (χ1n) is 9.99. The van der Waals surface area contributed by atoms with Gasteiger partial charge in [-0.25, -0.2) is 0 Å². The molecule has 4 rings (SSSR count). The number of nitrogens with zero attached hydrogens (tertiary/aromatic N) is 2. The molecule has 29 heavy (non-hydrogen) atoms. The van der Waals surface area contributed by atoms with Crippen LogP contribution in [0.2, 0.25) is 0 Å². The standard InChI is InChI=1S/C23H24N2O4/c1-2-15-5-7-17(8-6-15)21(26)19-20(16-9-11-24-12-10-16)25(23(28)22(19)27)14-18-4-3-13-29-18/h5-12,18,20,26H,2-4,13-14H2,1H3/b21-19-. The number of carbonyl (C=O) groups is 2. The van der Waals surface area contributed by atoms with Crippen LogP contribution in [-0.4, -0.2) is 45.9 Å². The highest BCUT2D eigenvalue weighted by Crippen LogP contribution is 2.39. The molecule has 1 N–H and O–H groups in total. The molecule has 0 spiro atoms. The summed E-state index contributed by atoms with van der Waals surface area (Å²) < 4.78 is 5.69. The van der Waals surface area contributed by atoms with Crippen LogP contribution < -0.4 is 0 Å². The molecule has 0 saturated carbocycles. The molecule has 150 valence electrons. The number of hydrogen-bond acceptors (Lipinski definition) is 5. The number of likely N-dealkylation sites (tertiary alicyclic amines) is 1. The number of ketones is 1. The Morgan fingerprint density at radius 3 is 2.52 bits per heavy atom. The van der Waals surface area contributed by atoms with Gasteiger partial charge in [-0.05, 0) is 42.5 Å². The monoisotopic (exact) mass is 392 g/mol. The summed E-state index contributed by atoms with van der Waals surface area (Å²) in [6.07, 6.45) is 5.82. The fourth-order valence-corrected chi connectivity index (χ4v) is 4.02. The first kappa shape index (κ1) is 19.3. The van der Waals surface area contributed by atoms with Crippen molar-refractivity contribution < 1.29 is 19.4 Å². The van der Waals surface area contributed by atoms with Gasteiger partial charge in [0.25, 0.3) is 11.7 Å². The highest BCUT2D eigenvalue weighted by Gasteiger charge is 2.47. The first-order chi connectivity index (χ1) is 14.1. The molecule has 2 aromatic rings. The minimum Gasteiger partial charge on any atom is -0.507 e. The van der Waals surface area contributed by atoms with E-state index in [0.717, 1.165) is 30.4 Å². The summed E-state index contributed by atoms with van der Waals surface area (Å²) in [4.78, 5) is 31.4. The predicted octanol–water partition coefficient (Wildman–Crippen LogP) is 3.24. The van der Waals surface area contributed by atoms with Crippen molar-refractivity contribution in [3.05, 3.63) is 71.1 Å². The fraction of sp³-hybridized carbons (Fsp3) is 0.348. The van der Waals surface area contributed by atoms with Crippen LogP contribution >= 0.6 is 0 Å². The number of ether oxygens (including phenoxy) is 1. The van der Waals surface area contributed by atoms with Gasteiger partial charge in [0.2, 0.25) is 0 Å². The zero-order chi connectivity index (χ0) is 20.4. The normalized spacial score (nSPS) is 23.7. The molecule has 1 amide bonds. The van der Waals surface area contributed by atoms with Gasteiger partial charge in [-0.1, -0.05) is 31.2 Å². The van der Waals surface area contributed by atoms with E-state index in [9.17, 15) is 14.7 Å². The number of amides is 1. The molecular formula is C23H24N2O4. The zero-order valence-electron chi connectivity index (χ0n) is 16.4. The molecule has 2 aliphatic heterocycles. The van der Waals surface area contributed by atoms with Crippen molar-refractivity contribution in [2.24, 2.45) is 0 Å². The Morgan fingerprint density at radius 1 is 1.17 bits per heavy atom. The Kier molecular flexibility index (Phi) is 5.45. The molecule has 3 heterocycles. The van der Waals surface area contributed by atoms with E-state index < -0.39 is 17.7 Å². The minimum absolute atomic E-state index is 0.0959. The summed E-state index contributed by atoms with van der Waals surface area (Å²) in [7, 11) is 0. The van der Waals surface area contributed by atoms with Crippen molar-refractivity contribution in [3.8, 4) is 0 Å². The van der Waals surface area contributed by atoms with Gasteiger partial charge < -0.3 is 14.7 Å². The lowest BCUT2D eigenvalue weighted by Gasteiger charge is -2.27. The van der Waals surface area contributed by atoms with Gasteiger partial charge in [0.1, 0.15) is 5.76 Å². The molecule has 6 nitrogen and oxygen atoms in total. The maximum Gasteiger partial charge on any atom is 0.295 e. The highest BCUT2D eigenvalue weighted by molar-refractivity contribution is 6.46. The van der Waals surface area contributed by atoms with Gasteiger partial charge in [0.15, 0.2) is 0 Å². The lowest BCUT2D eigenvalue weighted by Crippen LogP contribution is -2.36. The molecule has 0 bridgehead atoms. The number of pyridine rings is 1. The number of benzene rings is 1. The van der Waals surface area contributed by atoms with E-state index in [1.165, 1.54) is 4.90 Å². The van der Waals surface area contributed by atoms with Crippen molar-refractivity contribution in [2.45, 2.75) is 38.3 Å². The molecule has 1 aromatic heterocycles. The molecule has 1 aromatic carbocycles. The zero-order valence-corrected chi connectivity index (χ0v) is 16.4. The number of aromatic nitrogens is 1. The van der Waals surface area contributed by atoms with Crippen LogP contribution in [0.3, 0.4) is 0 Å². The third kappa shape index (κ3) is 3.68. The lowest BCUT2D eigenvalue weighted by molar-refractivity contribution is -0.140. The number of rotatable bonds is 5. The smallest absolute Gasteiger partial charge is 0.295 e. The van der Waals surface area contributed by atoms with Crippen LogP contribution in [0.25, 0.3) is 5.76 Å². The van der Waals surface area contributed by atoms with E-state index in [1.54, 1.807) is 36.7 Å². The van der Waals surface area contributed by atoms with Gasteiger partial charge in [-0.15, -0.1) is 0 Å². The Bertz CT molecular complexity index is 931. The molecule has 2 unspecified atom stereocenters. The highest BCUT2D eigenvalue weighted by atomic mass is 16.5. The summed E-state index contributed by atoms with van der Waals surface area (Å²) in [5.41, 5.74) is 2.51. The van der Waals surface area contributed by atoms with Gasteiger partial charge >= 0.3 is 0 Å². The lowest BCUT2D eigenvalue weighted by atomic mass is 9.95. The summed E-state index contributed by atoms with van der Waals surface area (Å²) in [6, 6.07) is 10.3. The number of carbonyl (C=O) groups excluding carboxylic acids is 2. The average molecular weight is 392 g/mol. The molecule has 0 radical (unpaired) electrons. The minimum atomic E-state index is -0.665. The van der Waals surface area contributed by atoms with E-state index in [2.05, 4.69) is 11.9 Å². The summed E-state index contributed by atoms with van der Waals surface area (Å²) >= 11 is 0. The van der Waals surface area contributed by atoms with E-state index in [-0.39, 0.29) is 17.4 Å². The van der Waals surface area contributed by atoms with Crippen LogP contribution in [0.1, 0.15) is 42.5 Å². The van der Waals surface area contributed by atoms with Gasteiger partial charge in [-0.2, -0.15) is 0 Å². The maximum absolute atomic E-state index is 12.9. The van der Waals surface area contributed by atoms with Crippen LogP contribution in [-0.2, 0) is 20.7 Å². The van der Waals surface area contributed by atoms with Crippen LogP contribution in [0.4, 0.5) is 0 Å². The number of aliphatic hydroxyl groups excluding tert-OH is 1. The predicted molar refractivity (Wildman–Crippen MR) is 108 cm³/mol. The Hall–Kier alpha value is -2.99. The third-order valence-corrected chi connectivity index (χ3v) is 5.62. The third-order valence-electron chi connectivity index (χ3n) is 5.62. The van der Waals surface area contributed by atoms with Gasteiger partial charge in [0, 0.05) is 31.1 Å². The molecule has 2 fully saturated rings.